The van der Waals surface area contributed by atoms with Crippen molar-refractivity contribution in [2.24, 2.45) is 4.99 Å². The average molecular weight is 385 g/mol. The van der Waals surface area contributed by atoms with Crippen LogP contribution in [-0.4, -0.2) is 41.0 Å². The Morgan fingerprint density at radius 2 is 2.19 bits per heavy atom. The molecule has 1 aromatic heterocycles. The summed E-state index contributed by atoms with van der Waals surface area (Å²) >= 11 is 5.19. The molecule has 2 aromatic rings. The van der Waals surface area contributed by atoms with Crippen LogP contribution in [0.3, 0.4) is 0 Å². The van der Waals surface area contributed by atoms with E-state index >= 15 is 0 Å². The molecule has 2 heterocycles. The number of fused-ring (bicyclic) bond motifs is 1. The molecule has 27 heavy (non-hydrogen) atoms. The highest BCUT2D eigenvalue weighted by molar-refractivity contribution is 7.80. The van der Waals surface area contributed by atoms with Crippen molar-refractivity contribution in [2.45, 2.75) is 13.1 Å². The molecule has 140 valence electrons. The molecule has 1 atom stereocenters. The molecule has 0 amide bonds. The lowest BCUT2D eigenvalue weighted by Crippen LogP contribution is -2.41. The van der Waals surface area contributed by atoms with Crippen LogP contribution in [0.1, 0.15) is 6.92 Å². The van der Waals surface area contributed by atoms with E-state index in [9.17, 15) is 10.1 Å². The van der Waals surface area contributed by atoms with E-state index in [-0.39, 0.29) is 11.9 Å². The standard InChI is InChI=1S/C17H19N7O2S/c1-3-18-17(27)22-14-8-7-13-16(21-14)23(2)15(10-19-13)20-11-5-4-6-12(9-11)24(25)26/h4-10,15,20H,3H2,1-2H3,(H2,18,21,22,27). The Labute approximate surface area is 161 Å². The molecule has 3 N–H and O–H groups in total. The van der Waals surface area contributed by atoms with E-state index in [2.05, 4.69) is 25.9 Å². The number of benzene rings is 1. The number of aliphatic imine (C=N–C) groups is 1. The SMILES string of the molecule is CCNC(=S)Nc1ccc2c(n1)N(C)C(Nc1cccc([N+](=O)[O-])c1)C=N2. The van der Waals surface area contributed by atoms with Gasteiger partial charge in [-0.05, 0) is 37.3 Å². The van der Waals surface area contributed by atoms with E-state index in [0.29, 0.717) is 22.4 Å². The second-order valence-electron chi connectivity index (χ2n) is 5.81. The highest BCUT2D eigenvalue weighted by Gasteiger charge is 2.22. The summed E-state index contributed by atoms with van der Waals surface area (Å²) in [7, 11) is 1.87. The van der Waals surface area contributed by atoms with Crippen molar-refractivity contribution in [1.82, 2.24) is 10.3 Å². The summed E-state index contributed by atoms with van der Waals surface area (Å²) in [5.74, 6) is 1.28. The van der Waals surface area contributed by atoms with Gasteiger partial charge in [0.2, 0.25) is 0 Å². The zero-order valence-electron chi connectivity index (χ0n) is 14.8. The van der Waals surface area contributed by atoms with Crippen LogP contribution in [0.2, 0.25) is 0 Å². The summed E-state index contributed by atoms with van der Waals surface area (Å²) < 4.78 is 0. The first kappa shape index (κ1) is 18.5. The lowest BCUT2D eigenvalue weighted by molar-refractivity contribution is -0.384. The quantitative estimate of drug-likeness (QED) is 0.410. The number of hydrogen-bond acceptors (Lipinski definition) is 7. The molecule has 0 radical (unpaired) electrons. The second kappa shape index (κ2) is 7.96. The van der Waals surface area contributed by atoms with Crippen molar-refractivity contribution < 1.29 is 4.92 Å². The van der Waals surface area contributed by atoms with Crippen LogP contribution in [0, 0.1) is 10.1 Å². The summed E-state index contributed by atoms with van der Waals surface area (Å²) in [6.45, 7) is 2.68. The van der Waals surface area contributed by atoms with Gasteiger partial charge in [-0.3, -0.25) is 15.1 Å². The molecule has 0 saturated carbocycles. The van der Waals surface area contributed by atoms with E-state index < -0.39 is 4.92 Å². The Kier molecular flexibility index (Phi) is 5.46. The van der Waals surface area contributed by atoms with Gasteiger partial charge in [-0.25, -0.2) is 4.98 Å². The minimum absolute atomic E-state index is 0.0253. The lowest BCUT2D eigenvalue weighted by atomic mass is 10.2. The van der Waals surface area contributed by atoms with E-state index in [1.165, 1.54) is 12.1 Å². The van der Waals surface area contributed by atoms with Crippen LogP contribution in [0.25, 0.3) is 0 Å². The minimum Gasteiger partial charge on any atom is -0.363 e. The van der Waals surface area contributed by atoms with Crippen LogP contribution in [0.15, 0.2) is 41.4 Å². The fourth-order valence-corrected chi connectivity index (χ4v) is 2.84. The molecule has 1 aliphatic rings. The van der Waals surface area contributed by atoms with Crippen LogP contribution in [0.5, 0.6) is 0 Å². The molecule has 3 rings (SSSR count). The number of rotatable bonds is 5. The highest BCUT2D eigenvalue weighted by atomic mass is 32.1. The highest BCUT2D eigenvalue weighted by Crippen LogP contribution is 2.32. The molecular formula is C17H19N7O2S. The van der Waals surface area contributed by atoms with Gasteiger partial charge in [-0.1, -0.05) is 6.07 Å². The van der Waals surface area contributed by atoms with Gasteiger partial charge in [0.15, 0.2) is 10.9 Å². The summed E-state index contributed by atoms with van der Waals surface area (Å²) in [6, 6.07) is 10.0. The first-order chi connectivity index (χ1) is 13.0. The van der Waals surface area contributed by atoms with Gasteiger partial charge >= 0.3 is 0 Å². The largest absolute Gasteiger partial charge is 0.363 e. The van der Waals surface area contributed by atoms with E-state index in [0.717, 1.165) is 12.2 Å². The number of thiocarbonyl (C=S) groups is 1. The Bertz CT molecular complexity index is 903. The van der Waals surface area contributed by atoms with Crippen molar-refractivity contribution in [3.8, 4) is 0 Å². The van der Waals surface area contributed by atoms with Crippen LogP contribution in [-0.2, 0) is 0 Å². The summed E-state index contributed by atoms with van der Waals surface area (Å²) in [6.07, 6.45) is 1.43. The molecule has 0 saturated heterocycles. The van der Waals surface area contributed by atoms with Gasteiger partial charge in [0.1, 0.15) is 17.7 Å². The first-order valence-corrected chi connectivity index (χ1v) is 8.72. The van der Waals surface area contributed by atoms with Crippen molar-refractivity contribution in [3.63, 3.8) is 0 Å². The summed E-state index contributed by atoms with van der Waals surface area (Å²) in [4.78, 5) is 21.4. The predicted molar refractivity (Wildman–Crippen MR) is 111 cm³/mol. The topological polar surface area (TPSA) is 108 Å². The van der Waals surface area contributed by atoms with Crippen molar-refractivity contribution >= 4 is 52.2 Å². The number of hydrogen-bond donors (Lipinski definition) is 3. The number of nitro groups is 1. The lowest BCUT2D eigenvalue weighted by Gasteiger charge is -2.31. The maximum Gasteiger partial charge on any atom is 0.271 e. The van der Waals surface area contributed by atoms with E-state index in [1.807, 2.05) is 31.0 Å². The summed E-state index contributed by atoms with van der Waals surface area (Å²) in [5.41, 5.74) is 1.38. The van der Waals surface area contributed by atoms with Gasteiger partial charge in [0, 0.05) is 37.6 Å². The number of aromatic nitrogens is 1. The van der Waals surface area contributed by atoms with Gasteiger partial charge in [-0.2, -0.15) is 0 Å². The van der Waals surface area contributed by atoms with Crippen molar-refractivity contribution in [1.29, 1.82) is 0 Å². The first-order valence-electron chi connectivity index (χ1n) is 8.32. The molecule has 0 bridgehead atoms. The summed E-state index contributed by atoms with van der Waals surface area (Å²) in [5, 5.41) is 20.7. The van der Waals surface area contributed by atoms with Gasteiger partial charge < -0.3 is 20.9 Å². The molecule has 1 unspecified atom stereocenters. The second-order valence-corrected chi connectivity index (χ2v) is 6.22. The van der Waals surface area contributed by atoms with Crippen LogP contribution in [0.4, 0.5) is 28.7 Å². The molecule has 0 fully saturated rings. The predicted octanol–water partition coefficient (Wildman–Crippen LogP) is 2.89. The van der Waals surface area contributed by atoms with Crippen molar-refractivity contribution in [3.05, 3.63) is 46.5 Å². The number of anilines is 3. The molecule has 9 nitrogen and oxygen atoms in total. The number of nitrogens with one attached hydrogen (secondary N) is 3. The zero-order valence-corrected chi connectivity index (χ0v) is 15.7. The van der Waals surface area contributed by atoms with Gasteiger partial charge in [-0.15, -0.1) is 0 Å². The van der Waals surface area contributed by atoms with Crippen molar-refractivity contribution in [2.75, 3.05) is 29.1 Å². The van der Waals surface area contributed by atoms with Gasteiger partial charge in [0.05, 0.1) is 4.92 Å². The maximum atomic E-state index is 11.0. The Hall–Kier alpha value is -3.27. The Morgan fingerprint density at radius 3 is 2.93 bits per heavy atom. The number of nitro benzene ring substituents is 1. The van der Waals surface area contributed by atoms with Crippen LogP contribution >= 0.6 is 12.2 Å². The maximum absolute atomic E-state index is 11.0. The smallest absolute Gasteiger partial charge is 0.271 e. The molecule has 1 aromatic carbocycles. The van der Waals surface area contributed by atoms with Gasteiger partial charge in [0.25, 0.3) is 5.69 Å². The number of pyridine rings is 1. The fourth-order valence-electron chi connectivity index (χ4n) is 2.59. The molecule has 0 spiro atoms. The Morgan fingerprint density at radius 1 is 1.37 bits per heavy atom. The third-order valence-electron chi connectivity index (χ3n) is 3.91. The monoisotopic (exact) mass is 385 g/mol. The van der Waals surface area contributed by atoms with Crippen LogP contribution < -0.4 is 20.9 Å². The van der Waals surface area contributed by atoms with E-state index in [1.54, 1.807) is 18.3 Å². The number of non-ortho nitro benzene ring substituents is 1. The third-order valence-corrected chi connectivity index (χ3v) is 4.16. The zero-order chi connectivity index (χ0) is 19.4. The van der Waals surface area contributed by atoms with E-state index in [4.69, 9.17) is 12.2 Å². The number of nitrogens with zero attached hydrogens (tertiary/aromatic N) is 4. The molecule has 10 heteroatoms. The third kappa shape index (κ3) is 4.29. The minimum atomic E-state index is -0.425. The average Bonchev–Trinajstić information content (AvgIpc) is 2.65. The fraction of sp³-hybridized carbons (Fsp3) is 0.235. The molecule has 0 aliphatic carbocycles. The molecule has 1 aliphatic heterocycles. The molecular weight excluding hydrogens is 366 g/mol. The Balaban J connectivity index is 1.78. The normalized spacial score (nSPS) is 15.0.